The monoisotopic (exact) mass is 321 g/mol. The molecule has 1 saturated carbocycles. The Balaban J connectivity index is 1.83. The van der Waals surface area contributed by atoms with Crippen molar-refractivity contribution < 1.29 is 4.79 Å². The highest BCUT2D eigenvalue weighted by Gasteiger charge is 2.42. The number of hydrogen-bond acceptors (Lipinski definition) is 1. The molecule has 24 heavy (non-hydrogen) atoms. The first kappa shape index (κ1) is 16.8. The molecule has 0 saturated heterocycles. The standard InChI is InChI=1S/C22H27NO/c1-16-11-12-19(15-17(16)2)18(3)23-21(24)22(13-7-8-14-22)20-9-5-4-6-10-20/h4-6,9-12,15,18H,7-8,13-14H2,1-3H3,(H,23,24)/t18-/m1/s1. The molecule has 0 aliphatic heterocycles. The van der Waals surface area contributed by atoms with Crippen molar-refractivity contribution in [2.75, 3.05) is 0 Å². The van der Waals surface area contributed by atoms with Gasteiger partial charge in [0.2, 0.25) is 5.91 Å². The van der Waals surface area contributed by atoms with Crippen molar-refractivity contribution in [2.45, 2.75) is 57.9 Å². The zero-order valence-electron chi connectivity index (χ0n) is 14.9. The average molecular weight is 321 g/mol. The van der Waals surface area contributed by atoms with Gasteiger partial charge < -0.3 is 5.32 Å². The van der Waals surface area contributed by atoms with Gasteiger partial charge in [0.1, 0.15) is 0 Å². The van der Waals surface area contributed by atoms with Crippen LogP contribution in [0.25, 0.3) is 0 Å². The van der Waals surface area contributed by atoms with Gasteiger partial charge in [-0.15, -0.1) is 0 Å². The first-order chi connectivity index (χ1) is 11.5. The fourth-order valence-corrected chi connectivity index (χ4v) is 3.83. The van der Waals surface area contributed by atoms with Crippen molar-refractivity contribution in [2.24, 2.45) is 0 Å². The van der Waals surface area contributed by atoms with Crippen LogP contribution >= 0.6 is 0 Å². The third-order valence-electron chi connectivity index (χ3n) is 5.60. The number of rotatable bonds is 4. The summed E-state index contributed by atoms with van der Waals surface area (Å²) in [5, 5.41) is 3.29. The first-order valence-electron chi connectivity index (χ1n) is 8.96. The van der Waals surface area contributed by atoms with Crippen LogP contribution in [-0.2, 0) is 10.2 Å². The minimum absolute atomic E-state index is 0.0259. The molecule has 1 atom stereocenters. The van der Waals surface area contributed by atoms with E-state index in [4.69, 9.17) is 0 Å². The Bertz CT molecular complexity index is 714. The van der Waals surface area contributed by atoms with Crippen LogP contribution in [-0.4, -0.2) is 5.91 Å². The lowest BCUT2D eigenvalue weighted by atomic mass is 9.77. The molecule has 2 aromatic rings. The smallest absolute Gasteiger partial charge is 0.231 e. The van der Waals surface area contributed by atoms with Crippen LogP contribution in [0.5, 0.6) is 0 Å². The molecule has 3 rings (SSSR count). The Morgan fingerprint density at radius 1 is 1.00 bits per heavy atom. The fourth-order valence-electron chi connectivity index (χ4n) is 3.83. The van der Waals surface area contributed by atoms with Crippen LogP contribution in [0.2, 0.25) is 0 Å². The highest BCUT2D eigenvalue weighted by Crippen LogP contribution is 2.41. The third kappa shape index (κ3) is 3.10. The zero-order valence-corrected chi connectivity index (χ0v) is 14.9. The third-order valence-corrected chi connectivity index (χ3v) is 5.60. The molecular weight excluding hydrogens is 294 g/mol. The van der Waals surface area contributed by atoms with Gasteiger partial charge in [0, 0.05) is 0 Å². The van der Waals surface area contributed by atoms with Crippen molar-refractivity contribution in [1.29, 1.82) is 0 Å². The lowest BCUT2D eigenvalue weighted by Crippen LogP contribution is -2.43. The van der Waals surface area contributed by atoms with Crippen molar-refractivity contribution in [3.8, 4) is 0 Å². The van der Waals surface area contributed by atoms with Crippen molar-refractivity contribution in [3.05, 3.63) is 70.8 Å². The van der Waals surface area contributed by atoms with Crippen molar-refractivity contribution in [1.82, 2.24) is 5.32 Å². The van der Waals surface area contributed by atoms with E-state index in [9.17, 15) is 4.79 Å². The van der Waals surface area contributed by atoms with Crippen LogP contribution in [0, 0.1) is 13.8 Å². The van der Waals surface area contributed by atoms with Gasteiger partial charge in [-0.3, -0.25) is 4.79 Å². The summed E-state index contributed by atoms with van der Waals surface area (Å²) in [6.07, 6.45) is 4.14. The van der Waals surface area contributed by atoms with E-state index >= 15 is 0 Å². The van der Waals surface area contributed by atoms with E-state index in [1.165, 1.54) is 16.7 Å². The molecule has 0 unspecified atom stereocenters. The number of aryl methyl sites for hydroxylation is 2. The maximum atomic E-state index is 13.2. The zero-order chi connectivity index (χ0) is 17.2. The molecule has 126 valence electrons. The topological polar surface area (TPSA) is 29.1 Å². The molecule has 2 aromatic carbocycles. The second-order valence-corrected chi connectivity index (χ2v) is 7.19. The normalized spacial score (nSPS) is 17.5. The Morgan fingerprint density at radius 2 is 1.67 bits per heavy atom. The number of hydrogen-bond donors (Lipinski definition) is 1. The average Bonchev–Trinajstić information content (AvgIpc) is 3.09. The van der Waals surface area contributed by atoms with E-state index in [1.54, 1.807) is 0 Å². The van der Waals surface area contributed by atoms with Crippen LogP contribution in [0.15, 0.2) is 48.5 Å². The molecule has 0 aromatic heterocycles. The molecule has 0 heterocycles. The largest absolute Gasteiger partial charge is 0.349 e. The van der Waals surface area contributed by atoms with E-state index in [0.717, 1.165) is 31.2 Å². The predicted octanol–water partition coefficient (Wildman–Crippen LogP) is 4.99. The molecule has 2 heteroatoms. The number of amides is 1. The fraction of sp³-hybridized carbons (Fsp3) is 0.409. The summed E-state index contributed by atoms with van der Waals surface area (Å²) >= 11 is 0. The van der Waals surface area contributed by atoms with E-state index in [1.807, 2.05) is 18.2 Å². The first-order valence-corrected chi connectivity index (χ1v) is 8.96. The number of carbonyl (C=O) groups excluding carboxylic acids is 1. The molecule has 1 N–H and O–H groups in total. The van der Waals surface area contributed by atoms with Crippen LogP contribution in [0.3, 0.4) is 0 Å². The number of carbonyl (C=O) groups is 1. The Morgan fingerprint density at radius 3 is 2.29 bits per heavy atom. The quantitative estimate of drug-likeness (QED) is 0.844. The summed E-state index contributed by atoms with van der Waals surface area (Å²) < 4.78 is 0. The molecule has 1 fully saturated rings. The second kappa shape index (κ2) is 6.80. The highest BCUT2D eigenvalue weighted by molar-refractivity contribution is 5.88. The van der Waals surface area contributed by atoms with E-state index in [0.29, 0.717) is 0 Å². The number of nitrogens with one attached hydrogen (secondary N) is 1. The van der Waals surface area contributed by atoms with Gasteiger partial charge in [0.05, 0.1) is 11.5 Å². The summed E-state index contributed by atoms with van der Waals surface area (Å²) in [6, 6.07) is 16.8. The van der Waals surface area contributed by atoms with Gasteiger partial charge in [0.15, 0.2) is 0 Å². The van der Waals surface area contributed by atoms with Gasteiger partial charge in [-0.1, -0.05) is 61.4 Å². The van der Waals surface area contributed by atoms with E-state index in [-0.39, 0.29) is 17.4 Å². The van der Waals surface area contributed by atoms with Crippen LogP contribution in [0.1, 0.15) is 60.9 Å². The molecule has 0 spiro atoms. The summed E-state index contributed by atoms with van der Waals surface area (Å²) in [4.78, 5) is 13.2. The van der Waals surface area contributed by atoms with Crippen LogP contribution in [0.4, 0.5) is 0 Å². The molecule has 1 aliphatic rings. The molecule has 1 amide bonds. The Kier molecular flexibility index (Phi) is 4.75. The molecule has 2 nitrogen and oxygen atoms in total. The Hall–Kier alpha value is -2.09. The highest BCUT2D eigenvalue weighted by atomic mass is 16.2. The molecule has 0 radical (unpaired) electrons. The maximum Gasteiger partial charge on any atom is 0.231 e. The lowest BCUT2D eigenvalue weighted by molar-refractivity contribution is -0.127. The summed E-state index contributed by atoms with van der Waals surface area (Å²) in [6.45, 7) is 6.32. The minimum atomic E-state index is -0.352. The maximum absolute atomic E-state index is 13.2. The van der Waals surface area contributed by atoms with Gasteiger partial charge in [-0.2, -0.15) is 0 Å². The van der Waals surface area contributed by atoms with Gasteiger partial charge in [0.25, 0.3) is 0 Å². The number of benzene rings is 2. The minimum Gasteiger partial charge on any atom is -0.349 e. The lowest BCUT2D eigenvalue weighted by Gasteiger charge is -2.30. The van der Waals surface area contributed by atoms with Gasteiger partial charge in [-0.25, -0.2) is 0 Å². The molecule has 1 aliphatic carbocycles. The van der Waals surface area contributed by atoms with Crippen LogP contribution < -0.4 is 5.32 Å². The van der Waals surface area contributed by atoms with Gasteiger partial charge in [-0.05, 0) is 55.9 Å². The van der Waals surface area contributed by atoms with Gasteiger partial charge >= 0.3 is 0 Å². The summed E-state index contributed by atoms with van der Waals surface area (Å²) in [7, 11) is 0. The van der Waals surface area contributed by atoms with E-state index < -0.39 is 0 Å². The van der Waals surface area contributed by atoms with Crippen molar-refractivity contribution >= 4 is 5.91 Å². The SMILES string of the molecule is Cc1ccc([C@@H](C)NC(=O)C2(c3ccccc3)CCCC2)cc1C. The van der Waals surface area contributed by atoms with E-state index in [2.05, 4.69) is 56.4 Å². The predicted molar refractivity (Wildman–Crippen MR) is 99.1 cm³/mol. The van der Waals surface area contributed by atoms with Crippen molar-refractivity contribution in [3.63, 3.8) is 0 Å². The molecule has 0 bridgehead atoms. The summed E-state index contributed by atoms with van der Waals surface area (Å²) in [5.74, 6) is 0.178. The molecular formula is C22H27NO. The summed E-state index contributed by atoms with van der Waals surface area (Å²) in [5.41, 5.74) is 4.54. The Labute approximate surface area is 145 Å². The second-order valence-electron chi connectivity index (χ2n) is 7.19.